The fraction of sp³-hybridized carbons (Fsp3) is 0.759. The number of nitrogens with one attached hydrogen (secondary N) is 2. The molecule has 4 heterocycles. The number of likely N-dealkylation sites (tertiary alicyclic amines) is 1. The largest absolute Gasteiger partial charge is 0.418 e. The Morgan fingerprint density at radius 1 is 1.10 bits per heavy atom. The van der Waals surface area contributed by atoms with Crippen molar-refractivity contribution in [2.75, 3.05) is 26.8 Å². The van der Waals surface area contributed by atoms with E-state index in [2.05, 4.69) is 27.7 Å². The van der Waals surface area contributed by atoms with Crippen molar-refractivity contribution in [3.05, 3.63) is 40.1 Å². The lowest BCUT2D eigenvalue weighted by Crippen LogP contribution is -2.50. The zero-order valence-corrected chi connectivity index (χ0v) is 23.5. The van der Waals surface area contributed by atoms with Gasteiger partial charge in [-0.2, -0.15) is 13.2 Å². The van der Waals surface area contributed by atoms with Crippen molar-refractivity contribution in [2.24, 2.45) is 23.7 Å². The molecule has 2 aromatic rings. The number of rotatable bonds is 6. The molecule has 2 saturated heterocycles. The van der Waals surface area contributed by atoms with Crippen LogP contribution in [0.3, 0.4) is 0 Å². The third-order valence-corrected chi connectivity index (χ3v) is 10.2. The van der Waals surface area contributed by atoms with Crippen molar-refractivity contribution < 1.29 is 18.3 Å². The van der Waals surface area contributed by atoms with Gasteiger partial charge in [0.1, 0.15) is 0 Å². The fourth-order valence-corrected chi connectivity index (χ4v) is 7.86. The lowest BCUT2D eigenvalue weighted by Gasteiger charge is -2.46. The summed E-state index contributed by atoms with van der Waals surface area (Å²) in [5.41, 5.74) is 6.00. The average Bonchev–Trinajstić information content (AvgIpc) is 3.45. The molecular formula is C29H43F3N6O2. The second kappa shape index (κ2) is 11.1. The van der Waals surface area contributed by atoms with E-state index in [4.69, 9.17) is 0 Å². The Morgan fingerprint density at radius 3 is 2.50 bits per heavy atom. The van der Waals surface area contributed by atoms with Crippen LogP contribution >= 0.6 is 0 Å². The number of aliphatic hydroxyl groups is 1. The van der Waals surface area contributed by atoms with Crippen molar-refractivity contribution >= 4 is 5.52 Å². The molecule has 4 aliphatic rings. The maximum atomic E-state index is 14.3. The van der Waals surface area contributed by atoms with E-state index in [1.165, 1.54) is 35.9 Å². The molecule has 0 aromatic carbocycles. The highest BCUT2D eigenvalue weighted by Gasteiger charge is 2.44. The van der Waals surface area contributed by atoms with Crippen LogP contribution < -0.4 is 16.5 Å². The molecule has 0 amide bonds. The van der Waals surface area contributed by atoms with Crippen molar-refractivity contribution in [3.63, 3.8) is 0 Å². The minimum atomic E-state index is -4.57. The van der Waals surface area contributed by atoms with Gasteiger partial charge >= 0.3 is 11.9 Å². The maximum absolute atomic E-state index is 14.3. The molecule has 2 saturated carbocycles. The molecule has 11 heteroatoms. The molecule has 0 radical (unpaired) electrons. The Hall–Kier alpha value is -1.92. The van der Waals surface area contributed by atoms with Crippen LogP contribution in [0.4, 0.5) is 13.2 Å². The predicted octanol–water partition coefficient (Wildman–Crippen LogP) is 3.79. The summed E-state index contributed by atoms with van der Waals surface area (Å²) in [7, 11) is 2.12. The maximum Gasteiger partial charge on any atom is 0.418 e. The molecule has 222 valence electrons. The zero-order chi connectivity index (χ0) is 28.2. The molecule has 40 heavy (non-hydrogen) atoms. The van der Waals surface area contributed by atoms with E-state index in [1.54, 1.807) is 10.8 Å². The van der Waals surface area contributed by atoms with Gasteiger partial charge < -0.3 is 5.11 Å². The van der Waals surface area contributed by atoms with Gasteiger partial charge in [-0.15, -0.1) is 0 Å². The summed E-state index contributed by atoms with van der Waals surface area (Å²) >= 11 is 0. The molecule has 2 aromatic heterocycles. The van der Waals surface area contributed by atoms with Gasteiger partial charge in [0, 0.05) is 38.1 Å². The smallest absolute Gasteiger partial charge is 0.393 e. The van der Waals surface area contributed by atoms with Crippen molar-refractivity contribution in [2.45, 2.75) is 89.3 Å². The van der Waals surface area contributed by atoms with Gasteiger partial charge in [0.2, 0.25) is 0 Å². The number of piperidine rings is 1. The summed E-state index contributed by atoms with van der Waals surface area (Å²) in [6, 6.07) is 1.10. The second-order valence-corrected chi connectivity index (χ2v) is 12.9. The Bertz CT molecular complexity index is 1260. The summed E-state index contributed by atoms with van der Waals surface area (Å²) in [5.74, 6) is 1.56. The first-order valence-corrected chi connectivity index (χ1v) is 15.0. The third-order valence-electron chi connectivity index (χ3n) is 10.2. The molecule has 4 fully saturated rings. The number of fused-ring (bicyclic) bond motifs is 1. The van der Waals surface area contributed by atoms with E-state index in [-0.39, 0.29) is 35.4 Å². The highest BCUT2D eigenvalue weighted by atomic mass is 19.4. The lowest BCUT2D eigenvalue weighted by molar-refractivity contribution is -0.136. The van der Waals surface area contributed by atoms with Gasteiger partial charge in [-0.25, -0.2) is 15.6 Å². The van der Waals surface area contributed by atoms with E-state index >= 15 is 0 Å². The Balaban J connectivity index is 1.30. The zero-order valence-electron chi connectivity index (χ0n) is 23.5. The first-order valence-electron chi connectivity index (χ1n) is 15.0. The highest BCUT2D eigenvalue weighted by molar-refractivity contribution is 5.56. The summed E-state index contributed by atoms with van der Waals surface area (Å²) in [4.78, 5) is 18.1. The van der Waals surface area contributed by atoms with Crippen LogP contribution in [-0.4, -0.2) is 62.9 Å². The van der Waals surface area contributed by atoms with Crippen LogP contribution in [0.2, 0.25) is 0 Å². The molecule has 6 atom stereocenters. The molecule has 3 unspecified atom stereocenters. The molecule has 6 rings (SSSR count). The number of hydrazine groups is 1. The van der Waals surface area contributed by atoms with Crippen LogP contribution in [0.5, 0.6) is 0 Å². The minimum absolute atomic E-state index is 0.0568. The standard InChI is InChI=1S/C29H43F3N6O2/c1-18-13-36(10-9-25(18)39)14-19-11-23(29(30,31)32)24-16-37(28(40)38(24)15-19)22-8-4-7-21(12-22)26(20-5-3-6-20)27-34-33-17-35(27)2/h11,15-16,18,20-22,25-27,33-34,39H,3-10,12-14,17H2,1-2H3/t18-,21?,22?,25+,26-,27?/m1/s1. The molecular weight excluding hydrogens is 521 g/mol. The number of aliphatic hydroxyl groups excluding tert-OH is 1. The van der Waals surface area contributed by atoms with Crippen LogP contribution in [0.1, 0.15) is 75.5 Å². The topological polar surface area (TPSA) is 77.2 Å². The number of halogens is 3. The molecule has 0 spiro atoms. The Kier molecular flexibility index (Phi) is 7.80. The van der Waals surface area contributed by atoms with Gasteiger partial charge in [-0.1, -0.05) is 32.6 Å². The highest BCUT2D eigenvalue weighted by Crippen LogP contribution is 2.47. The van der Waals surface area contributed by atoms with Crippen molar-refractivity contribution in [3.8, 4) is 0 Å². The van der Waals surface area contributed by atoms with Crippen LogP contribution in [-0.2, 0) is 12.7 Å². The van der Waals surface area contributed by atoms with Crippen LogP contribution in [0.25, 0.3) is 5.52 Å². The molecule has 2 aliphatic carbocycles. The molecule has 2 aliphatic heterocycles. The Labute approximate surface area is 233 Å². The monoisotopic (exact) mass is 564 g/mol. The van der Waals surface area contributed by atoms with Crippen LogP contribution in [0.15, 0.2) is 23.3 Å². The first-order chi connectivity index (χ1) is 19.1. The number of imidazole rings is 1. The SMILES string of the molecule is C[C@@H]1CN(Cc2cc(C(F)(F)F)c3cn(C4CCCC([C@@H](C5CCC5)C5NNCN5C)C4)c(=O)n3c2)CC[C@@H]1O. The third kappa shape index (κ3) is 5.35. The second-order valence-electron chi connectivity index (χ2n) is 12.9. The van der Waals surface area contributed by atoms with Gasteiger partial charge in [-0.05, 0) is 68.0 Å². The van der Waals surface area contributed by atoms with Crippen molar-refractivity contribution in [1.82, 2.24) is 29.6 Å². The first kappa shape index (κ1) is 28.2. The fourth-order valence-electron chi connectivity index (χ4n) is 7.86. The summed E-state index contributed by atoms with van der Waals surface area (Å²) in [6.45, 7) is 4.29. The summed E-state index contributed by atoms with van der Waals surface area (Å²) < 4.78 is 45.7. The van der Waals surface area contributed by atoms with E-state index in [1.807, 2.05) is 6.92 Å². The normalized spacial score (nSPS) is 32.0. The molecule has 8 nitrogen and oxygen atoms in total. The quantitative estimate of drug-likeness (QED) is 0.496. The summed E-state index contributed by atoms with van der Waals surface area (Å²) in [6.07, 6.45) is 6.31. The number of hydrogen-bond donors (Lipinski definition) is 3. The summed E-state index contributed by atoms with van der Waals surface area (Å²) in [5, 5.41) is 10.1. The van der Waals surface area contributed by atoms with Crippen molar-refractivity contribution in [1.29, 1.82) is 0 Å². The predicted molar refractivity (Wildman–Crippen MR) is 146 cm³/mol. The average molecular weight is 565 g/mol. The lowest BCUT2D eigenvalue weighted by atomic mass is 9.65. The molecule has 3 N–H and O–H groups in total. The van der Waals surface area contributed by atoms with E-state index in [9.17, 15) is 23.1 Å². The number of alkyl halides is 3. The Morgan fingerprint density at radius 2 is 1.85 bits per heavy atom. The number of nitrogens with zero attached hydrogens (tertiary/aromatic N) is 4. The van der Waals surface area contributed by atoms with Gasteiger partial charge in [0.15, 0.2) is 0 Å². The van der Waals surface area contributed by atoms with E-state index in [0.29, 0.717) is 49.4 Å². The number of hydrogen-bond acceptors (Lipinski definition) is 6. The van der Waals surface area contributed by atoms with Gasteiger partial charge in [0.25, 0.3) is 0 Å². The van der Waals surface area contributed by atoms with Crippen LogP contribution in [0, 0.1) is 23.7 Å². The number of aromatic nitrogens is 2. The van der Waals surface area contributed by atoms with Gasteiger partial charge in [0.05, 0.1) is 30.0 Å². The van der Waals surface area contributed by atoms with E-state index in [0.717, 1.165) is 32.4 Å². The van der Waals surface area contributed by atoms with Gasteiger partial charge in [-0.3, -0.25) is 18.8 Å². The molecule has 0 bridgehead atoms. The van der Waals surface area contributed by atoms with E-state index < -0.39 is 11.7 Å². The number of pyridine rings is 1. The minimum Gasteiger partial charge on any atom is -0.393 e.